The molecule has 0 saturated heterocycles. The summed E-state index contributed by atoms with van der Waals surface area (Å²) in [6.45, 7) is 0.289. The number of aliphatic hydroxyl groups is 1. The van der Waals surface area contributed by atoms with Crippen molar-refractivity contribution < 1.29 is 9.50 Å². The largest absolute Gasteiger partial charge is 0.388 e. The predicted molar refractivity (Wildman–Crippen MR) is 54.3 cm³/mol. The third kappa shape index (κ3) is 2.35. The second kappa shape index (κ2) is 3.90. The first kappa shape index (κ1) is 10.6. The average molecular weight is 232 g/mol. The number of anilines is 1. The van der Waals surface area contributed by atoms with Crippen molar-refractivity contribution in [2.24, 2.45) is 0 Å². The molecule has 0 atom stereocenters. The number of aromatic nitrogens is 2. The van der Waals surface area contributed by atoms with E-state index in [1.807, 2.05) is 0 Å². The van der Waals surface area contributed by atoms with Crippen LogP contribution in [0, 0.1) is 5.82 Å². The summed E-state index contributed by atoms with van der Waals surface area (Å²) in [5.41, 5.74) is -0.718. The van der Waals surface area contributed by atoms with Crippen molar-refractivity contribution in [2.45, 2.75) is 24.9 Å². The first-order chi connectivity index (χ1) is 7.09. The molecule has 2 N–H and O–H groups in total. The molecule has 0 radical (unpaired) electrons. The van der Waals surface area contributed by atoms with Crippen molar-refractivity contribution in [1.82, 2.24) is 9.97 Å². The van der Waals surface area contributed by atoms with Crippen molar-refractivity contribution in [3.05, 3.63) is 17.3 Å². The van der Waals surface area contributed by atoms with E-state index in [2.05, 4.69) is 15.3 Å². The zero-order valence-corrected chi connectivity index (χ0v) is 8.76. The lowest BCUT2D eigenvalue weighted by Gasteiger charge is -2.36. The van der Waals surface area contributed by atoms with E-state index in [0.29, 0.717) is 0 Å². The van der Waals surface area contributed by atoms with Crippen LogP contribution in [0.4, 0.5) is 10.2 Å². The van der Waals surface area contributed by atoms with Crippen LogP contribution in [0.5, 0.6) is 0 Å². The van der Waals surface area contributed by atoms with Crippen molar-refractivity contribution in [3.8, 4) is 0 Å². The SMILES string of the molecule is OC1(CNc2nc(Cl)ncc2F)CCC1. The van der Waals surface area contributed by atoms with Gasteiger partial charge in [-0.3, -0.25) is 0 Å². The molecule has 1 aromatic rings. The minimum Gasteiger partial charge on any atom is -0.388 e. The van der Waals surface area contributed by atoms with Crippen LogP contribution < -0.4 is 5.32 Å². The molecule has 1 aliphatic carbocycles. The molecule has 0 spiro atoms. The Morgan fingerprint density at radius 3 is 2.93 bits per heavy atom. The molecule has 6 heteroatoms. The zero-order valence-electron chi connectivity index (χ0n) is 8.00. The smallest absolute Gasteiger partial charge is 0.224 e. The standard InChI is InChI=1S/C9H11ClFN3O/c10-8-12-4-6(11)7(14-8)13-5-9(15)2-1-3-9/h4,15H,1-3,5H2,(H,12,13,14). The van der Waals surface area contributed by atoms with Gasteiger partial charge in [0.1, 0.15) is 0 Å². The van der Waals surface area contributed by atoms with Crippen LogP contribution in [-0.4, -0.2) is 27.2 Å². The summed E-state index contributed by atoms with van der Waals surface area (Å²) >= 11 is 5.52. The van der Waals surface area contributed by atoms with E-state index < -0.39 is 11.4 Å². The fraction of sp³-hybridized carbons (Fsp3) is 0.556. The van der Waals surface area contributed by atoms with Gasteiger partial charge in [0.25, 0.3) is 0 Å². The minimum atomic E-state index is -0.718. The van der Waals surface area contributed by atoms with Crippen molar-refractivity contribution in [3.63, 3.8) is 0 Å². The van der Waals surface area contributed by atoms with Gasteiger partial charge in [0.15, 0.2) is 11.6 Å². The minimum absolute atomic E-state index is 0.0144. The molecule has 1 fully saturated rings. The second-order valence-corrected chi connectivity index (χ2v) is 4.11. The molecule has 0 bridgehead atoms. The van der Waals surface area contributed by atoms with Crippen LogP contribution in [-0.2, 0) is 0 Å². The van der Waals surface area contributed by atoms with Gasteiger partial charge < -0.3 is 10.4 Å². The normalized spacial score (nSPS) is 18.3. The summed E-state index contributed by atoms with van der Waals surface area (Å²) in [5.74, 6) is -0.530. The maximum atomic E-state index is 13.1. The number of nitrogens with one attached hydrogen (secondary N) is 1. The van der Waals surface area contributed by atoms with Crippen LogP contribution in [0.2, 0.25) is 5.28 Å². The highest BCUT2D eigenvalue weighted by Crippen LogP contribution is 2.31. The zero-order chi connectivity index (χ0) is 10.9. The quantitative estimate of drug-likeness (QED) is 0.776. The molecule has 0 aromatic carbocycles. The lowest BCUT2D eigenvalue weighted by molar-refractivity contribution is -0.0203. The fourth-order valence-corrected chi connectivity index (χ4v) is 1.61. The topological polar surface area (TPSA) is 58.0 Å². The second-order valence-electron chi connectivity index (χ2n) is 3.77. The van der Waals surface area contributed by atoms with Gasteiger partial charge in [-0.05, 0) is 30.9 Å². The Morgan fingerprint density at radius 2 is 2.33 bits per heavy atom. The Balaban J connectivity index is 2.01. The van der Waals surface area contributed by atoms with Gasteiger partial charge in [-0.15, -0.1) is 0 Å². The van der Waals surface area contributed by atoms with Crippen LogP contribution in [0.25, 0.3) is 0 Å². The molecule has 1 heterocycles. The van der Waals surface area contributed by atoms with E-state index in [0.717, 1.165) is 25.5 Å². The third-order valence-electron chi connectivity index (χ3n) is 2.58. The molecule has 4 nitrogen and oxygen atoms in total. The van der Waals surface area contributed by atoms with Crippen LogP contribution in [0.15, 0.2) is 6.20 Å². The van der Waals surface area contributed by atoms with E-state index in [1.165, 1.54) is 0 Å². The summed E-state index contributed by atoms with van der Waals surface area (Å²) in [7, 11) is 0. The summed E-state index contributed by atoms with van der Waals surface area (Å²) in [4.78, 5) is 7.19. The highest BCUT2D eigenvalue weighted by molar-refractivity contribution is 6.28. The van der Waals surface area contributed by atoms with E-state index >= 15 is 0 Å². The fourth-order valence-electron chi connectivity index (χ4n) is 1.48. The van der Waals surface area contributed by atoms with E-state index in [-0.39, 0.29) is 17.6 Å². The molecule has 1 aromatic heterocycles. The Labute approximate surface area is 91.5 Å². The molecule has 1 saturated carbocycles. The molecule has 1 aliphatic rings. The monoisotopic (exact) mass is 231 g/mol. The van der Waals surface area contributed by atoms with Crippen LogP contribution in [0.3, 0.4) is 0 Å². The molecule has 0 unspecified atom stereocenters. The van der Waals surface area contributed by atoms with Gasteiger partial charge >= 0.3 is 0 Å². The van der Waals surface area contributed by atoms with Gasteiger partial charge in [0, 0.05) is 6.54 Å². The maximum Gasteiger partial charge on any atom is 0.224 e. The summed E-state index contributed by atoms with van der Waals surface area (Å²) < 4.78 is 13.1. The van der Waals surface area contributed by atoms with Gasteiger partial charge in [-0.2, -0.15) is 4.98 Å². The number of hydrogen-bond acceptors (Lipinski definition) is 4. The van der Waals surface area contributed by atoms with Crippen molar-refractivity contribution in [2.75, 3.05) is 11.9 Å². The Morgan fingerprint density at radius 1 is 1.60 bits per heavy atom. The Bertz CT molecular complexity index is 370. The van der Waals surface area contributed by atoms with E-state index in [4.69, 9.17) is 11.6 Å². The van der Waals surface area contributed by atoms with E-state index in [9.17, 15) is 9.50 Å². The molecule has 15 heavy (non-hydrogen) atoms. The lowest BCUT2D eigenvalue weighted by Crippen LogP contribution is -2.43. The number of halogens is 2. The first-order valence-corrected chi connectivity index (χ1v) is 5.11. The Kier molecular flexibility index (Phi) is 2.75. The van der Waals surface area contributed by atoms with Gasteiger partial charge in [0.2, 0.25) is 5.28 Å². The predicted octanol–water partition coefficient (Wildman–Crippen LogP) is 1.60. The summed E-state index contributed by atoms with van der Waals surface area (Å²) in [5, 5.41) is 12.5. The average Bonchev–Trinajstić information content (AvgIpc) is 2.17. The maximum absolute atomic E-state index is 13.1. The summed E-state index contributed by atoms with van der Waals surface area (Å²) in [6, 6.07) is 0. The number of hydrogen-bond donors (Lipinski definition) is 2. The molecular weight excluding hydrogens is 221 g/mol. The van der Waals surface area contributed by atoms with Crippen LogP contribution >= 0.6 is 11.6 Å². The molecule has 0 amide bonds. The lowest BCUT2D eigenvalue weighted by atomic mass is 9.80. The Hall–Kier alpha value is -0.940. The van der Waals surface area contributed by atoms with Crippen molar-refractivity contribution >= 4 is 17.4 Å². The van der Waals surface area contributed by atoms with Gasteiger partial charge in [-0.1, -0.05) is 0 Å². The number of rotatable bonds is 3. The highest BCUT2D eigenvalue weighted by atomic mass is 35.5. The van der Waals surface area contributed by atoms with E-state index in [1.54, 1.807) is 0 Å². The van der Waals surface area contributed by atoms with Crippen LogP contribution in [0.1, 0.15) is 19.3 Å². The molecule has 82 valence electrons. The third-order valence-corrected chi connectivity index (χ3v) is 2.77. The van der Waals surface area contributed by atoms with Gasteiger partial charge in [0.05, 0.1) is 11.8 Å². The molecule has 2 rings (SSSR count). The van der Waals surface area contributed by atoms with Crippen molar-refractivity contribution in [1.29, 1.82) is 0 Å². The first-order valence-electron chi connectivity index (χ1n) is 4.73. The number of nitrogens with zero attached hydrogens (tertiary/aromatic N) is 2. The highest BCUT2D eigenvalue weighted by Gasteiger charge is 2.34. The van der Waals surface area contributed by atoms with Gasteiger partial charge in [-0.25, -0.2) is 9.37 Å². The molecule has 0 aliphatic heterocycles. The molecular formula is C9H11ClFN3O. The summed E-state index contributed by atoms with van der Waals surface area (Å²) in [6.07, 6.45) is 3.48.